The molecule has 4 rings (SSSR count). The van der Waals surface area contributed by atoms with Crippen molar-refractivity contribution in [2.45, 2.75) is 73.6 Å². The molecule has 0 aromatic carbocycles. The minimum Gasteiger partial charge on any atom is -0.223 e. The van der Waals surface area contributed by atoms with Crippen molar-refractivity contribution < 1.29 is 61.5 Å². The lowest BCUT2D eigenvalue weighted by Crippen LogP contribution is -3.06. The van der Waals surface area contributed by atoms with Crippen LogP contribution in [0.1, 0.15) is 26.7 Å². The maximum absolute atomic E-state index is 14.9. The smallest absolute Gasteiger partial charge is 0.223 e. The Morgan fingerprint density at radius 2 is 0.571 bits per heavy atom. The lowest BCUT2D eigenvalue weighted by molar-refractivity contribution is -0.618. The second-order valence-corrected chi connectivity index (χ2v) is 7.28. The molecule has 0 amide bonds. The Balaban J connectivity index is 2.75. The summed E-state index contributed by atoms with van der Waals surface area (Å²) in [5, 5.41) is 0. The molecule has 0 radical (unpaired) electrons. The summed E-state index contributed by atoms with van der Waals surface area (Å²) in [4.78, 5) is 0. The van der Waals surface area contributed by atoms with E-state index in [1.54, 1.807) is 0 Å². The van der Waals surface area contributed by atoms with Crippen molar-refractivity contribution in [2.24, 2.45) is 10.8 Å². The highest BCUT2D eigenvalue weighted by Crippen LogP contribution is 2.93. The van der Waals surface area contributed by atoms with Gasteiger partial charge in [0.05, 0.1) is 0 Å². The molecular weight excluding hydrogens is 434 g/mol. The van der Waals surface area contributed by atoms with Crippen LogP contribution in [0, 0.1) is 10.8 Å². The van der Waals surface area contributed by atoms with Crippen LogP contribution in [0.25, 0.3) is 0 Å². The van der Waals surface area contributed by atoms with E-state index in [1.807, 2.05) is 0 Å². The normalized spacial score (nSPS) is 50.6. The fourth-order valence-corrected chi connectivity index (χ4v) is 5.48. The van der Waals surface area contributed by atoms with Crippen LogP contribution in [0.2, 0.25) is 0 Å². The van der Waals surface area contributed by atoms with E-state index in [9.17, 15) is 61.5 Å². The van der Waals surface area contributed by atoms with Crippen LogP contribution < -0.4 is 0 Å². The summed E-state index contributed by atoms with van der Waals surface area (Å²) in [7, 11) is 0. The maximum Gasteiger partial charge on any atom is 0.338 e. The van der Waals surface area contributed by atoms with Gasteiger partial charge < -0.3 is 0 Å². The van der Waals surface area contributed by atoms with Crippen LogP contribution in [0.15, 0.2) is 0 Å². The Morgan fingerprint density at radius 1 is 0.357 bits per heavy atom. The van der Waals surface area contributed by atoms with E-state index in [-0.39, 0.29) is 13.8 Å². The summed E-state index contributed by atoms with van der Waals surface area (Å²) in [5.74, 6) is -42.0. The van der Waals surface area contributed by atoms with E-state index in [0.717, 1.165) is 0 Å². The number of halogens is 14. The molecule has 4 aliphatic carbocycles. The van der Waals surface area contributed by atoms with Crippen LogP contribution in [-0.4, -0.2) is 46.9 Å². The molecule has 0 unspecified atom stereocenters. The highest BCUT2D eigenvalue weighted by Gasteiger charge is 3.20. The van der Waals surface area contributed by atoms with Crippen LogP contribution in [-0.2, 0) is 0 Å². The first kappa shape index (κ1) is 21.7. The van der Waals surface area contributed by atoms with E-state index < -0.39 is 70.5 Å². The second kappa shape index (κ2) is 4.37. The SMILES string of the molecule is CCC12C(F)(F)C3(F)C(F)(F)C(F)(C1(F)F)C(F)(F)C(CC)(C3(F)F)C2(F)F. The molecule has 0 spiro atoms. The topological polar surface area (TPSA) is 0 Å². The highest BCUT2D eigenvalue weighted by molar-refractivity contribution is 5.51. The van der Waals surface area contributed by atoms with E-state index >= 15 is 0 Å². The van der Waals surface area contributed by atoms with E-state index in [2.05, 4.69) is 0 Å². The highest BCUT2D eigenvalue weighted by atomic mass is 19.3. The average Bonchev–Trinajstić information content (AvgIpc) is 2.49. The summed E-state index contributed by atoms with van der Waals surface area (Å²) >= 11 is 0. The zero-order chi connectivity index (χ0) is 22.4. The first-order chi connectivity index (χ1) is 12.1. The molecule has 0 heterocycles. The number of hydrogen-bond acceptors (Lipinski definition) is 0. The number of rotatable bonds is 2. The Morgan fingerprint density at radius 3 is 0.750 bits per heavy atom. The number of hydrogen-bond donors (Lipinski definition) is 0. The van der Waals surface area contributed by atoms with Gasteiger partial charge in [0, 0.05) is 0 Å². The van der Waals surface area contributed by atoms with Gasteiger partial charge in [0.2, 0.25) is 0 Å². The van der Waals surface area contributed by atoms with E-state index in [4.69, 9.17) is 0 Å². The largest absolute Gasteiger partial charge is 0.338 e. The Hall–Kier alpha value is -0.980. The van der Waals surface area contributed by atoms with Crippen molar-refractivity contribution in [3.05, 3.63) is 0 Å². The third-order valence-electron chi connectivity index (χ3n) is 6.87. The maximum atomic E-state index is 14.9. The monoisotopic (exact) mass is 444 g/mol. The van der Waals surface area contributed by atoms with Gasteiger partial charge in [-0.05, 0) is 12.8 Å². The fraction of sp³-hybridized carbons (Fsp3) is 1.00. The Labute approximate surface area is 147 Å². The van der Waals surface area contributed by atoms with Gasteiger partial charge in [-0.3, -0.25) is 0 Å². The van der Waals surface area contributed by atoms with Gasteiger partial charge in [-0.15, -0.1) is 0 Å². The van der Waals surface area contributed by atoms with Gasteiger partial charge in [0.1, 0.15) is 0 Å². The quantitative estimate of drug-likeness (QED) is 0.455. The molecule has 0 aromatic heterocycles. The van der Waals surface area contributed by atoms with Crippen molar-refractivity contribution in [1.82, 2.24) is 0 Å². The van der Waals surface area contributed by atoms with Gasteiger partial charge in [-0.25, -0.2) is 52.7 Å². The van der Waals surface area contributed by atoms with Crippen molar-refractivity contribution >= 4 is 0 Å². The van der Waals surface area contributed by atoms with Crippen LogP contribution in [0.3, 0.4) is 0 Å². The van der Waals surface area contributed by atoms with Gasteiger partial charge in [0.25, 0.3) is 5.92 Å². The first-order valence-electron chi connectivity index (χ1n) is 7.77. The molecular formula is C14H10F14. The third-order valence-corrected chi connectivity index (χ3v) is 6.87. The van der Waals surface area contributed by atoms with E-state index in [1.165, 1.54) is 0 Å². The summed E-state index contributed by atoms with van der Waals surface area (Å²) in [6.45, 7) is 0.0146. The molecule has 28 heavy (non-hydrogen) atoms. The molecule has 0 N–H and O–H groups in total. The van der Waals surface area contributed by atoms with Crippen LogP contribution >= 0.6 is 0 Å². The summed E-state index contributed by atoms with van der Waals surface area (Å²) in [5.41, 5.74) is -26.0. The third kappa shape index (κ3) is 1.13. The molecule has 4 aliphatic rings. The second-order valence-electron chi connectivity index (χ2n) is 7.28. The molecule has 0 aromatic rings. The van der Waals surface area contributed by atoms with Crippen molar-refractivity contribution in [2.75, 3.05) is 0 Å². The molecule has 0 saturated heterocycles. The van der Waals surface area contributed by atoms with Crippen molar-refractivity contribution in [3.8, 4) is 0 Å². The summed E-state index contributed by atoms with van der Waals surface area (Å²) < 4.78 is 204. The molecule has 0 nitrogen and oxygen atoms in total. The van der Waals surface area contributed by atoms with E-state index in [0.29, 0.717) is 0 Å². The summed E-state index contributed by atoms with van der Waals surface area (Å²) in [6.07, 6.45) is -4.91. The molecule has 4 saturated carbocycles. The van der Waals surface area contributed by atoms with Gasteiger partial charge in [-0.2, -0.15) is 8.78 Å². The molecule has 14 heteroatoms. The average molecular weight is 444 g/mol. The molecule has 4 bridgehead atoms. The molecule has 4 fully saturated rings. The summed E-state index contributed by atoms with van der Waals surface area (Å²) in [6, 6.07) is 0. The lowest BCUT2D eigenvalue weighted by atomic mass is 9.32. The standard InChI is InChI=1S/C14H10F14/c1-3-5-9(17,18)6(4-2)12(23,24)7(15,10(5,19)20)14(27,28)8(16,11(5,21)22)13(6,25)26/h3-4H2,1-2H3. The van der Waals surface area contributed by atoms with Crippen LogP contribution in [0.4, 0.5) is 61.5 Å². The predicted octanol–water partition coefficient (Wildman–Crippen LogP) is 6.05. The Kier molecular flexibility index (Phi) is 3.39. The fourth-order valence-electron chi connectivity index (χ4n) is 5.48. The molecule has 0 atom stereocenters. The van der Waals surface area contributed by atoms with Gasteiger partial charge in [-0.1, -0.05) is 13.8 Å². The van der Waals surface area contributed by atoms with Gasteiger partial charge >= 0.3 is 41.0 Å². The van der Waals surface area contributed by atoms with Crippen molar-refractivity contribution in [3.63, 3.8) is 0 Å². The minimum atomic E-state index is -7.44. The zero-order valence-electron chi connectivity index (χ0n) is 13.7. The Bertz CT molecular complexity index is 644. The van der Waals surface area contributed by atoms with Gasteiger partial charge in [0.15, 0.2) is 10.8 Å². The van der Waals surface area contributed by atoms with Crippen molar-refractivity contribution in [1.29, 1.82) is 0 Å². The molecule has 0 aliphatic heterocycles. The predicted molar refractivity (Wildman–Crippen MR) is 62.8 cm³/mol. The minimum absolute atomic E-state index is 0.00732. The number of alkyl halides is 14. The first-order valence-corrected chi connectivity index (χ1v) is 7.77. The zero-order valence-corrected chi connectivity index (χ0v) is 13.7. The lowest BCUT2D eigenvalue weighted by Gasteiger charge is -2.77. The van der Waals surface area contributed by atoms with Crippen LogP contribution in [0.5, 0.6) is 0 Å². The molecule has 164 valence electrons.